The van der Waals surface area contributed by atoms with E-state index in [0.717, 1.165) is 0 Å². The summed E-state index contributed by atoms with van der Waals surface area (Å²) in [5.74, 6) is 0. The molecule has 0 spiro atoms. The Hall–Kier alpha value is -0.520. The van der Waals surface area contributed by atoms with Crippen LogP contribution in [0.4, 0.5) is 0 Å². The number of hydroxylamine groups is 2. The molecule has 48 valence electrons. The van der Waals surface area contributed by atoms with Crippen molar-refractivity contribution in [3.63, 3.8) is 0 Å². The third kappa shape index (κ3) is 3.66. The molecule has 5 heteroatoms. The Morgan fingerprint density at radius 3 is 2.88 bits per heavy atom. The fourth-order valence-electron chi connectivity index (χ4n) is 0.239. The number of nitrogens with one attached hydrogen (secondary N) is 1. The van der Waals surface area contributed by atoms with Crippen LogP contribution in [-0.4, -0.2) is 20.2 Å². The van der Waals surface area contributed by atoms with Crippen molar-refractivity contribution in [1.29, 1.82) is 0 Å². The number of quaternary nitrogens is 1. The Bertz CT molecular complexity index is 67.5. The number of nitroso groups, excluding NO2 is 1. The van der Waals surface area contributed by atoms with Gasteiger partial charge in [-0.1, -0.05) is 5.18 Å². The van der Waals surface area contributed by atoms with Crippen molar-refractivity contribution in [3.8, 4) is 0 Å². The second-order valence-corrected chi connectivity index (χ2v) is 1.18. The zero-order chi connectivity index (χ0) is 6.41. The summed E-state index contributed by atoms with van der Waals surface area (Å²) in [5.41, 5.74) is 0. The van der Waals surface area contributed by atoms with Crippen LogP contribution < -0.4 is 5.23 Å². The second kappa shape index (κ2) is 4.63. The fraction of sp³-hybridized carbons (Fsp3) is 1.00. The number of hydrogen-bond acceptors (Lipinski definition) is 4. The molecular formula is C3H8N2O3. The molecule has 0 radical (unpaired) electrons. The molecule has 0 heterocycles. The largest absolute Gasteiger partial charge is 0.600 e. The molecule has 0 aromatic carbocycles. The van der Waals surface area contributed by atoms with Crippen LogP contribution in [0.25, 0.3) is 0 Å². The quantitative estimate of drug-likeness (QED) is 0.370. The van der Waals surface area contributed by atoms with E-state index < -0.39 is 5.23 Å². The van der Waals surface area contributed by atoms with Gasteiger partial charge in [0.15, 0.2) is 0 Å². The van der Waals surface area contributed by atoms with E-state index in [9.17, 15) is 10.1 Å². The highest BCUT2D eigenvalue weighted by Crippen LogP contribution is 1.56. The maximum Gasteiger partial charge on any atom is 0.133 e. The van der Waals surface area contributed by atoms with E-state index >= 15 is 0 Å². The molecule has 0 amide bonds. The smallest absolute Gasteiger partial charge is 0.133 e. The molecule has 0 aliphatic heterocycles. The van der Waals surface area contributed by atoms with Crippen molar-refractivity contribution in [1.82, 2.24) is 0 Å². The first-order chi connectivity index (χ1) is 3.81. The lowest BCUT2D eigenvalue weighted by molar-refractivity contribution is -1.05. The lowest BCUT2D eigenvalue weighted by Crippen LogP contribution is -3.06. The Kier molecular flexibility index (Phi) is 4.33. The number of rotatable bonds is 4. The topological polar surface area (TPSA) is 66.2 Å². The third-order valence-electron chi connectivity index (χ3n) is 0.635. The lowest BCUT2D eigenvalue weighted by Gasteiger charge is -2.14. The molecule has 5 nitrogen and oxygen atoms in total. The van der Waals surface area contributed by atoms with E-state index in [1.165, 1.54) is 7.11 Å². The van der Waals surface area contributed by atoms with E-state index in [4.69, 9.17) is 0 Å². The predicted octanol–water partition coefficient (Wildman–Crippen LogP) is -1.30. The van der Waals surface area contributed by atoms with Crippen LogP contribution >= 0.6 is 0 Å². The van der Waals surface area contributed by atoms with Crippen LogP contribution in [0.2, 0.25) is 0 Å². The molecule has 0 aromatic heterocycles. The first kappa shape index (κ1) is 7.48. The maximum absolute atomic E-state index is 10.1. The molecule has 1 unspecified atom stereocenters. The molecule has 0 aliphatic rings. The summed E-state index contributed by atoms with van der Waals surface area (Å²) in [5, 5.41) is 12.2. The molecule has 0 fully saturated rings. The number of hydrogen-bond donors (Lipinski definition) is 1. The molecule has 0 saturated carbocycles. The van der Waals surface area contributed by atoms with Gasteiger partial charge in [0.2, 0.25) is 0 Å². The molecule has 0 bridgehead atoms. The normalized spacial score (nSPS) is 13.2. The standard InChI is InChI=1S/C3H8N2O3/c1-8-5(7)3-2-4-6/h5H,2-3H2,1H3. The summed E-state index contributed by atoms with van der Waals surface area (Å²) < 4.78 is 0. The zero-order valence-electron chi connectivity index (χ0n) is 4.59. The van der Waals surface area contributed by atoms with Crippen LogP contribution in [-0.2, 0) is 4.84 Å². The van der Waals surface area contributed by atoms with E-state index in [1.54, 1.807) is 0 Å². The third-order valence-corrected chi connectivity index (χ3v) is 0.635. The average Bonchev–Trinajstić information content (AvgIpc) is 1.83. The zero-order valence-corrected chi connectivity index (χ0v) is 4.59. The molecule has 0 rings (SSSR count). The molecule has 0 aliphatic carbocycles. The van der Waals surface area contributed by atoms with Crippen molar-refractivity contribution >= 4 is 0 Å². The maximum atomic E-state index is 10.1. The molecule has 0 saturated heterocycles. The van der Waals surface area contributed by atoms with Crippen molar-refractivity contribution in [2.75, 3.05) is 20.2 Å². The molecular weight excluding hydrogens is 112 g/mol. The summed E-state index contributed by atoms with van der Waals surface area (Å²) in [6.45, 7) is 0.0900. The molecule has 8 heavy (non-hydrogen) atoms. The van der Waals surface area contributed by atoms with Gasteiger partial charge in [0, 0.05) is 0 Å². The van der Waals surface area contributed by atoms with E-state index in [2.05, 4.69) is 10.0 Å². The second-order valence-electron chi connectivity index (χ2n) is 1.18. The predicted molar refractivity (Wildman–Crippen MR) is 26.9 cm³/mol. The first-order valence-electron chi connectivity index (χ1n) is 2.17. The van der Waals surface area contributed by atoms with Gasteiger partial charge in [-0.05, 0) is 0 Å². The summed E-state index contributed by atoms with van der Waals surface area (Å²) in [4.78, 5) is 13.6. The summed E-state index contributed by atoms with van der Waals surface area (Å²) >= 11 is 0. The average molecular weight is 120 g/mol. The van der Waals surface area contributed by atoms with Crippen LogP contribution in [0.15, 0.2) is 5.18 Å². The van der Waals surface area contributed by atoms with Gasteiger partial charge >= 0.3 is 0 Å². The molecule has 1 N–H and O–H groups in total. The van der Waals surface area contributed by atoms with Crippen molar-refractivity contribution in [3.05, 3.63) is 10.1 Å². The molecule has 1 atom stereocenters. The van der Waals surface area contributed by atoms with Gasteiger partial charge in [0.1, 0.15) is 13.1 Å². The minimum atomic E-state index is -0.399. The van der Waals surface area contributed by atoms with Gasteiger partial charge in [0.05, 0.1) is 7.11 Å². The van der Waals surface area contributed by atoms with E-state index in [0.29, 0.717) is 0 Å². The van der Waals surface area contributed by atoms with Crippen LogP contribution in [0.3, 0.4) is 0 Å². The fourth-order valence-corrected chi connectivity index (χ4v) is 0.239. The van der Waals surface area contributed by atoms with Gasteiger partial charge in [-0.2, -0.15) is 4.91 Å². The summed E-state index contributed by atoms with van der Waals surface area (Å²) in [6, 6.07) is 0. The van der Waals surface area contributed by atoms with Gasteiger partial charge in [0.25, 0.3) is 0 Å². The van der Waals surface area contributed by atoms with Crippen LogP contribution in [0, 0.1) is 10.1 Å². The SMILES string of the molecule is CO[NH+]([O-])CCN=O. The van der Waals surface area contributed by atoms with Crippen molar-refractivity contribution < 1.29 is 10.1 Å². The summed E-state index contributed by atoms with van der Waals surface area (Å²) in [7, 11) is 1.27. The van der Waals surface area contributed by atoms with Gasteiger partial charge in [-0.3, -0.25) is 0 Å². The lowest BCUT2D eigenvalue weighted by atomic mass is 10.7. The van der Waals surface area contributed by atoms with Crippen LogP contribution in [0.5, 0.6) is 0 Å². The van der Waals surface area contributed by atoms with Crippen LogP contribution in [0.1, 0.15) is 0 Å². The molecule has 0 aromatic rings. The first-order valence-corrected chi connectivity index (χ1v) is 2.17. The van der Waals surface area contributed by atoms with Crippen molar-refractivity contribution in [2.24, 2.45) is 5.18 Å². The number of nitrogens with zero attached hydrogens (tertiary/aromatic N) is 1. The van der Waals surface area contributed by atoms with Gasteiger partial charge in [-0.25, -0.2) is 10.1 Å². The highest BCUT2D eigenvalue weighted by atomic mass is 16.9. The van der Waals surface area contributed by atoms with E-state index in [-0.39, 0.29) is 13.1 Å². The monoisotopic (exact) mass is 120 g/mol. The Labute approximate surface area is 46.7 Å². The van der Waals surface area contributed by atoms with Gasteiger partial charge in [-0.15, -0.1) is 0 Å². The van der Waals surface area contributed by atoms with Gasteiger partial charge < -0.3 is 5.21 Å². The minimum absolute atomic E-state index is 0.00662. The Balaban J connectivity index is 2.97. The Morgan fingerprint density at radius 2 is 2.50 bits per heavy atom. The highest BCUT2D eigenvalue weighted by Gasteiger charge is 1.90. The van der Waals surface area contributed by atoms with Crippen molar-refractivity contribution in [2.45, 2.75) is 0 Å². The van der Waals surface area contributed by atoms with E-state index in [1.807, 2.05) is 0 Å². The summed E-state index contributed by atoms with van der Waals surface area (Å²) in [6.07, 6.45) is 0. The highest BCUT2D eigenvalue weighted by molar-refractivity contribution is 4.32. The Morgan fingerprint density at radius 1 is 1.88 bits per heavy atom. The minimum Gasteiger partial charge on any atom is -0.600 e.